The van der Waals surface area contributed by atoms with Crippen molar-refractivity contribution in [2.45, 2.75) is 58.5 Å². The third-order valence-electron chi connectivity index (χ3n) is 3.56. The van der Waals surface area contributed by atoms with Crippen LogP contribution >= 0.6 is 0 Å². The van der Waals surface area contributed by atoms with E-state index in [1.165, 1.54) is 31.2 Å². The summed E-state index contributed by atoms with van der Waals surface area (Å²) in [7, 11) is 0. The average Bonchev–Trinajstić information content (AvgIpc) is 2.65. The van der Waals surface area contributed by atoms with Crippen LogP contribution in [0.25, 0.3) is 0 Å². The predicted molar refractivity (Wildman–Crippen MR) is 81.5 cm³/mol. The molecule has 2 rings (SSSR count). The van der Waals surface area contributed by atoms with E-state index in [0.29, 0.717) is 0 Å². The van der Waals surface area contributed by atoms with Crippen LogP contribution in [0.1, 0.15) is 52.0 Å². The van der Waals surface area contributed by atoms with Crippen molar-refractivity contribution in [3.8, 4) is 0 Å². The highest BCUT2D eigenvalue weighted by Gasteiger charge is 2.11. The second kappa shape index (κ2) is 6.38. The molecule has 0 bridgehead atoms. The van der Waals surface area contributed by atoms with Gasteiger partial charge in [0, 0.05) is 31.4 Å². The Bertz CT molecular complexity index is 370. The number of hydrogen-bond donors (Lipinski definition) is 1. The number of hydrogen-bond acceptors (Lipinski definition) is 3. The maximum atomic E-state index is 4.63. The van der Waals surface area contributed by atoms with Crippen LogP contribution in [0.15, 0.2) is 18.3 Å². The van der Waals surface area contributed by atoms with Crippen molar-refractivity contribution >= 4 is 5.82 Å². The molecule has 1 aromatic heterocycles. The van der Waals surface area contributed by atoms with E-state index in [4.69, 9.17) is 0 Å². The third kappa shape index (κ3) is 4.83. The van der Waals surface area contributed by atoms with Crippen molar-refractivity contribution in [2.24, 2.45) is 0 Å². The van der Waals surface area contributed by atoms with Crippen LogP contribution in [0.4, 0.5) is 5.82 Å². The zero-order valence-electron chi connectivity index (χ0n) is 12.6. The Balaban J connectivity index is 1.93. The molecule has 1 aliphatic heterocycles. The summed E-state index contributed by atoms with van der Waals surface area (Å²) >= 11 is 0. The molecule has 19 heavy (non-hydrogen) atoms. The van der Waals surface area contributed by atoms with Crippen LogP contribution in [0, 0.1) is 0 Å². The topological polar surface area (TPSA) is 28.2 Å². The summed E-state index contributed by atoms with van der Waals surface area (Å²) in [5.41, 5.74) is 1.41. The normalized spacial score (nSPS) is 17.3. The molecule has 1 aliphatic rings. The van der Waals surface area contributed by atoms with E-state index in [1.54, 1.807) is 0 Å². The van der Waals surface area contributed by atoms with Crippen molar-refractivity contribution in [1.82, 2.24) is 10.3 Å². The number of anilines is 1. The monoisotopic (exact) mass is 261 g/mol. The number of pyridine rings is 1. The van der Waals surface area contributed by atoms with E-state index in [2.05, 4.69) is 48.1 Å². The van der Waals surface area contributed by atoms with E-state index in [9.17, 15) is 0 Å². The van der Waals surface area contributed by atoms with Crippen molar-refractivity contribution < 1.29 is 0 Å². The standard InChI is InChI=1S/C16H27N3/c1-16(2,3)18-13-14-8-9-15(17-12-14)19-10-6-4-5-7-11-19/h8-9,12,18H,4-7,10-11,13H2,1-3H3. The summed E-state index contributed by atoms with van der Waals surface area (Å²) in [6, 6.07) is 4.37. The molecule has 1 N–H and O–H groups in total. The molecule has 2 heterocycles. The quantitative estimate of drug-likeness (QED) is 0.904. The Morgan fingerprint density at radius 3 is 2.32 bits per heavy atom. The molecule has 106 valence electrons. The highest BCUT2D eigenvalue weighted by atomic mass is 15.2. The fourth-order valence-electron chi connectivity index (χ4n) is 2.38. The molecule has 1 saturated heterocycles. The smallest absolute Gasteiger partial charge is 0.128 e. The van der Waals surface area contributed by atoms with E-state index < -0.39 is 0 Å². The van der Waals surface area contributed by atoms with Crippen LogP contribution < -0.4 is 10.2 Å². The first-order chi connectivity index (χ1) is 9.04. The summed E-state index contributed by atoms with van der Waals surface area (Å²) in [4.78, 5) is 7.06. The van der Waals surface area contributed by atoms with Crippen LogP contribution in [0.3, 0.4) is 0 Å². The molecular weight excluding hydrogens is 234 g/mol. The largest absolute Gasteiger partial charge is 0.357 e. The zero-order valence-corrected chi connectivity index (χ0v) is 12.6. The van der Waals surface area contributed by atoms with Crippen molar-refractivity contribution in [1.29, 1.82) is 0 Å². The fourth-order valence-corrected chi connectivity index (χ4v) is 2.38. The summed E-state index contributed by atoms with van der Waals surface area (Å²) < 4.78 is 0. The van der Waals surface area contributed by atoms with Crippen molar-refractivity contribution in [3.63, 3.8) is 0 Å². The molecule has 0 aromatic carbocycles. The predicted octanol–water partition coefficient (Wildman–Crippen LogP) is 3.35. The zero-order chi connectivity index (χ0) is 13.7. The van der Waals surface area contributed by atoms with Crippen LogP contribution in [-0.2, 0) is 6.54 Å². The maximum absolute atomic E-state index is 4.63. The molecule has 0 spiro atoms. The molecule has 0 atom stereocenters. The van der Waals surface area contributed by atoms with Crippen molar-refractivity contribution in [2.75, 3.05) is 18.0 Å². The van der Waals surface area contributed by atoms with Gasteiger partial charge in [-0.1, -0.05) is 18.9 Å². The molecule has 3 heteroatoms. The number of rotatable bonds is 3. The van der Waals surface area contributed by atoms with Gasteiger partial charge in [-0.05, 0) is 45.2 Å². The van der Waals surface area contributed by atoms with Gasteiger partial charge in [-0.25, -0.2) is 4.98 Å². The summed E-state index contributed by atoms with van der Waals surface area (Å²) in [5, 5.41) is 3.49. The first-order valence-electron chi connectivity index (χ1n) is 7.49. The van der Waals surface area contributed by atoms with Crippen molar-refractivity contribution in [3.05, 3.63) is 23.9 Å². The van der Waals surface area contributed by atoms with Gasteiger partial charge in [0.05, 0.1) is 0 Å². The minimum Gasteiger partial charge on any atom is -0.357 e. The second-order valence-electron chi connectivity index (χ2n) is 6.53. The maximum Gasteiger partial charge on any atom is 0.128 e. The summed E-state index contributed by atoms with van der Waals surface area (Å²) in [6.07, 6.45) is 7.34. The molecule has 0 amide bonds. The van der Waals surface area contributed by atoms with Gasteiger partial charge in [0.1, 0.15) is 5.82 Å². The Morgan fingerprint density at radius 2 is 1.79 bits per heavy atom. The first-order valence-corrected chi connectivity index (χ1v) is 7.49. The SMILES string of the molecule is CC(C)(C)NCc1ccc(N2CCCCCC2)nc1. The van der Waals surface area contributed by atoms with E-state index in [0.717, 1.165) is 25.5 Å². The van der Waals surface area contributed by atoms with Crippen LogP contribution in [0.5, 0.6) is 0 Å². The van der Waals surface area contributed by atoms with Crippen LogP contribution in [-0.4, -0.2) is 23.6 Å². The van der Waals surface area contributed by atoms with Gasteiger partial charge in [-0.2, -0.15) is 0 Å². The molecule has 0 saturated carbocycles. The lowest BCUT2D eigenvalue weighted by Gasteiger charge is -2.22. The highest BCUT2D eigenvalue weighted by molar-refractivity contribution is 5.39. The molecule has 0 aliphatic carbocycles. The van der Waals surface area contributed by atoms with Crippen LogP contribution in [0.2, 0.25) is 0 Å². The number of nitrogens with zero attached hydrogens (tertiary/aromatic N) is 2. The lowest BCUT2D eigenvalue weighted by Crippen LogP contribution is -2.35. The lowest BCUT2D eigenvalue weighted by atomic mass is 10.1. The molecule has 0 unspecified atom stereocenters. The Hall–Kier alpha value is -1.09. The van der Waals surface area contributed by atoms with Gasteiger partial charge < -0.3 is 10.2 Å². The highest BCUT2D eigenvalue weighted by Crippen LogP contribution is 2.17. The molecule has 1 aromatic rings. The minimum atomic E-state index is 0.156. The van der Waals surface area contributed by atoms with Gasteiger partial charge in [0.2, 0.25) is 0 Å². The Labute approximate surface area is 117 Å². The van der Waals surface area contributed by atoms with Gasteiger partial charge in [-0.3, -0.25) is 0 Å². The van der Waals surface area contributed by atoms with E-state index in [-0.39, 0.29) is 5.54 Å². The van der Waals surface area contributed by atoms with Gasteiger partial charge in [-0.15, -0.1) is 0 Å². The number of aromatic nitrogens is 1. The first kappa shape index (κ1) is 14.3. The summed E-state index contributed by atoms with van der Waals surface area (Å²) in [6.45, 7) is 9.76. The van der Waals surface area contributed by atoms with Gasteiger partial charge in [0.15, 0.2) is 0 Å². The van der Waals surface area contributed by atoms with Gasteiger partial charge in [0.25, 0.3) is 0 Å². The Kier molecular flexibility index (Phi) is 4.81. The lowest BCUT2D eigenvalue weighted by molar-refractivity contribution is 0.424. The molecule has 3 nitrogen and oxygen atoms in total. The average molecular weight is 261 g/mol. The molecule has 1 fully saturated rings. The second-order valence-corrected chi connectivity index (χ2v) is 6.53. The van der Waals surface area contributed by atoms with E-state index >= 15 is 0 Å². The minimum absolute atomic E-state index is 0.156. The summed E-state index contributed by atoms with van der Waals surface area (Å²) in [5.74, 6) is 1.14. The number of nitrogens with one attached hydrogen (secondary N) is 1. The fraction of sp³-hybridized carbons (Fsp3) is 0.688. The Morgan fingerprint density at radius 1 is 1.11 bits per heavy atom. The van der Waals surface area contributed by atoms with E-state index in [1.807, 2.05) is 6.20 Å². The third-order valence-corrected chi connectivity index (χ3v) is 3.56. The molecular formula is C16H27N3. The molecule has 0 radical (unpaired) electrons. The van der Waals surface area contributed by atoms with Gasteiger partial charge >= 0.3 is 0 Å².